The first kappa shape index (κ1) is 19.4. The van der Waals surface area contributed by atoms with Crippen LogP contribution in [0.25, 0.3) is 0 Å². The molecule has 2 aromatic rings. The van der Waals surface area contributed by atoms with Crippen molar-refractivity contribution < 1.29 is 18.1 Å². The summed E-state index contributed by atoms with van der Waals surface area (Å²) in [5.41, 5.74) is 0.419. The second kappa shape index (κ2) is 7.01. The number of piperazine rings is 1. The number of aryl methyl sites for hydroxylation is 1. The maximum atomic E-state index is 12.8. The highest BCUT2D eigenvalue weighted by atomic mass is 79.9. The summed E-state index contributed by atoms with van der Waals surface area (Å²) in [6.07, 6.45) is 1.31. The standard InChI is InChI=1S/C13H16BrN7O5S/c1-8-9(7-15-18(8)2)27(25,26)20-5-3-19(4-6-20)13(22)11-10(14)12(17-16-11)21(23)24/h7H,3-6H2,1-2H3,(H,16,17). The number of carbonyl (C=O) groups is 1. The molecule has 1 N–H and O–H groups in total. The van der Waals surface area contributed by atoms with Gasteiger partial charge in [-0.05, 0) is 27.8 Å². The van der Waals surface area contributed by atoms with Gasteiger partial charge in [0.2, 0.25) is 10.0 Å². The van der Waals surface area contributed by atoms with Gasteiger partial charge in [-0.1, -0.05) is 5.10 Å². The van der Waals surface area contributed by atoms with E-state index in [1.54, 1.807) is 14.0 Å². The fourth-order valence-corrected chi connectivity index (χ4v) is 4.83. The molecule has 146 valence electrons. The third-order valence-electron chi connectivity index (χ3n) is 4.41. The summed E-state index contributed by atoms with van der Waals surface area (Å²) >= 11 is 3.01. The smallest absolute Gasteiger partial charge is 0.357 e. The van der Waals surface area contributed by atoms with Crippen molar-refractivity contribution >= 4 is 37.7 Å². The molecule has 0 bridgehead atoms. The fraction of sp³-hybridized carbons (Fsp3) is 0.462. The molecule has 2 aromatic heterocycles. The van der Waals surface area contributed by atoms with Crippen LogP contribution in [0.15, 0.2) is 15.6 Å². The number of carbonyl (C=O) groups excluding carboxylic acids is 1. The van der Waals surface area contributed by atoms with Gasteiger partial charge in [-0.2, -0.15) is 9.40 Å². The zero-order valence-corrected chi connectivity index (χ0v) is 16.8. The van der Waals surface area contributed by atoms with E-state index in [4.69, 9.17) is 0 Å². The summed E-state index contributed by atoms with van der Waals surface area (Å²) in [4.78, 5) is 24.3. The second-order valence-electron chi connectivity index (χ2n) is 5.91. The van der Waals surface area contributed by atoms with Gasteiger partial charge in [-0.25, -0.2) is 8.42 Å². The zero-order chi connectivity index (χ0) is 19.9. The number of hydrogen-bond acceptors (Lipinski definition) is 7. The largest absolute Gasteiger partial charge is 0.358 e. The van der Waals surface area contributed by atoms with E-state index in [1.165, 1.54) is 20.1 Å². The van der Waals surface area contributed by atoms with Gasteiger partial charge in [0, 0.05) is 33.2 Å². The average Bonchev–Trinajstić information content (AvgIpc) is 3.18. The van der Waals surface area contributed by atoms with Crippen LogP contribution >= 0.6 is 15.9 Å². The lowest BCUT2D eigenvalue weighted by atomic mass is 10.3. The van der Waals surface area contributed by atoms with Gasteiger partial charge < -0.3 is 15.0 Å². The van der Waals surface area contributed by atoms with Crippen molar-refractivity contribution in [3.8, 4) is 0 Å². The van der Waals surface area contributed by atoms with Crippen LogP contribution in [0.5, 0.6) is 0 Å². The molecular weight excluding hydrogens is 446 g/mol. The highest BCUT2D eigenvalue weighted by molar-refractivity contribution is 9.10. The van der Waals surface area contributed by atoms with E-state index in [1.807, 2.05) is 0 Å². The number of rotatable bonds is 4. The normalized spacial score (nSPS) is 15.9. The van der Waals surface area contributed by atoms with Crippen LogP contribution in [0.3, 0.4) is 0 Å². The Morgan fingerprint density at radius 1 is 1.33 bits per heavy atom. The van der Waals surface area contributed by atoms with Crippen LogP contribution < -0.4 is 0 Å². The summed E-state index contributed by atoms with van der Waals surface area (Å²) in [5.74, 6) is -0.924. The van der Waals surface area contributed by atoms with E-state index < -0.39 is 26.7 Å². The number of aromatic amines is 1. The van der Waals surface area contributed by atoms with Crippen LogP contribution in [0.1, 0.15) is 16.2 Å². The molecule has 0 aromatic carbocycles. The summed E-state index contributed by atoms with van der Waals surface area (Å²) in [6, 6.07) is 0. The molecule has 12 nitrogen and oxygen atoms in total. The molecule has 0 aliphatic carbocycles. The van der Waals surface area contributed by atoms with Crippen molar-refractivity contribution in [2.24, 2.45) is 7.05 Å². The molecule has 3 rings (SSSR count). The molecule has 1 aliphatic rings. The number of amides is 1. The number of nitro groups is 1. The minimum atomic E-state index is -3.71. The van der Waals surface area contributed by atoms with E-state index in [2.05, 4.69) is 31.2 Å². The molecular formula is C13H16BrN7O5S. The van der Waals surface area contributed by atoms with E-state index >= 15 is 0 Å². The molecule has 0 unspecified atom stereocenters. The Kier molecular flexibility index (Phi) is 5.05. The first-order chi connectivity index (χ1) is 12.6. The van der Waals surface area contributed by atoms with Crippen LogP contribution in [0.2, 0.25) is 0 Å². The van der Waals surface area contributed by atoms with Gasteiger partial charge in [0.05, 0.1) is 11.9 Å². The molecule has 1 aliphatic heterocycles. The number of halogens is 1. The van der Waals surface area contributed by atoms with Gasteiger partial charge in [0.25, 0.3) is 5.91 Å². The monoisotopic (exact) mass is 461 g/mol. The molecule has 27 heavy (non-hydrogen) atoms. The second-order valence-corrected chi connectivity index (χ2v) is 8.61. The molecule has 0 spiro atoms. The average molecular weight is 462 g/mol. The molecule has 1 saturated heterocycles. The van der Waals surface area contributed by atoms with E-state index in [9.17, 15) is 23.3 Å². The lowest BCUT2D eigenvalue weighted by Crippen LogP contribution is -2.50. The Balaban J connectivity index is 1.73. The summed E-state index contributed by atoms with van der Waals surface area (Å²) in [5, 5.41) is 20.7. The molecule has 0 saturated carbocycles. The Hall–Kier alpha value is -2.32. The first-order valence-corrected chi connectivity index (χ1v) is 10.0. The van der Waals surface area contributed by atoms with Gasteiger partial charge in [-0.15, -0.1) is 5.10 Å². The van der Waals surface area contributed by atoms with Crippen LogP contribution in [0, 0.1) is 17.0 Å². The predicted molar refractivity (Wildman–Crippen MR) is 95.5 cm³/mol. The van der Waals surface area contributed by atoms with Crippen molar-refractivity contribution in [2.45, 2.75) is 11.8 Å². The third-order valence-corrected chi connectivity index (χ3v) is 7.16. The minimum Gasteiger partial charge on any atom is -0.358 e. The summed E-state index contributed by atoms with van der Waals surface area (Å²) in [6.45, 7) is 2.16. The van der Waals surface area contributed by atoms with Gasteiger partial charge in [-0.3, -0.25) is 9.48 Å². The Labute approximate surface area is 162 Å². The quantitative estimate of drug-likeness (QED) is 0.507. The Morgan fingerprint density at radius 3 is 2.44 bits per heavy atom. The van der Waals surface area contributed by atoms with Crippen molar-refractivity contribution in [2.75, 3.05) is 26.2 Å². The Bertz CT molecular complexity index is 1010. The number of aromatic nitrogens is 4. The van der Waals surface area contributed by atoms with E-state index in [-0.39, 0.29) is 41.2 Å². The van der Waals surface area contributed by atoms with E-state index in [0.29, 0.717) is 5.69 Å². The number of nitrogens with zero attached hydrogens (tertiary/aromatic N) is 6. The molecule has 0 atom stereocenters. The van der Waals surface area contributed by atoms with Crippen molar-refractivity contribution in [3.05, 3.63) is 32.2 Å². The molecule has 3 heterocycles. The fourth-order valence-electron chi connectivity index (χ4n) is 2.73. The van der Waals surface area contributed by atoms with Crippen molar-refractivity contribution in [1.29, 1.82) is 0 Å². The third kappa shape index (κ3) is 3.35. The lowest BCUT2D eigenvalue weighted by molar-refractivity contribution is -0.390. The number of hydrogen-bond donors (Lipinski definition) is 1. The van der Waals surface area contributed by atoms with Crippen molar-refractivity contribution in [1.82, 2.24) is 29.2 Å². The van der Waals surface area contributed by atoms with Crippen LogP contribution in [-0.4, -0.2) is 74.6 Å². The molecule has 1 amide bonds. The topological polar surface area (TPSA) is 147 Å². The van der Waals surface area contributed by atoms with Gasteiger partial charge in [0.1, 0.15) is 9.37 Å². The first-order valence-electron chi connectivity index (χ1n) is 7.81. The van der Waals surface area contributed by atoms with Gasteiger partial charge in [0.15, 0.2) is 5.69 Å². The highest BCUT2D eigenvalue weighted by Crippen LogP contribution is 2.27. The molecule has 0 radical (unpaired) electrons. The molecule has 14 heteroatoms. The minimum absolute atomic E-state index is 0.0291. The molecule has 1 fully saturated rings. The highest BCUT2D eigenvalue weighted by Gasteiger charge is 2.34. The Morgan fingerprint density at radius 2 is 1.96 bits per heavy atom. The maximum absolute atomic E-state index is 12.8. The number of H-pyrrole nitrogens is 1. The van der Waals surface area contributed by atoms with Crippen LogP contribution in [-0.2, 0) is 17.1 Å². The summed E-state index contributed by atoms with van der Waals surface area (Å²) < 4.78 is 28.3. The van der Waals surface area contributed by atoms with Crippen molar-refractivity contribution in [3.63, 3.8) is 0 Å². The van der Waals surface area contributed by atoms with E-state index in [0.717, 1.165) is 0 Å². The predicted octanol–water partition coefficient (Wildman–Crippen LogP) is 0.269. The zero-order valence-electron chi connectivity index (χ0n) is 14.4. The van der Waals surface area contributed by atoms with Gasteiger partial charge >= 0.3 is 5.82 Å². The lowest BCUT2D eigenvalue weighted by Gasteiger charge is -2.33. The SMILES string of the molecule is Cc1c(S(=O)(=O)N2CCN(C(=O)c3n[nH]c([N+](=O)[O-])c3Br)CC2)cnn1C. The maximum Gasteiger partial charge on any atom is 0.357 e. The number of nitrogens with one attached hydrogen (secondary N) is 1. The number of sulfonamides is 1. The summed E-state index contributed by atoms with van der Waals surface area (Å²) in [7, 11) is -2.05. The van der Waals surface area contributed by atoms with Crippen LogP contribution in [0.4, 0.5) is 5.82 Å².